The number of aryl methyl sites for hydroxylation is 1. The molecule has 0 unspecified atom stereocenters. The monoisotopic (exact) mass is 385 g/mol. The maximum atomic E-state index is 13.2. The lowest BCUT2D eigenvalue weighted by molar-refractivity contribution is 0.0980. The lowest BCUT2D eigenvalue weighted by atomic mass is 10.2. The van der Waals surface area contributed by atoms with E-state index in [-0.39, 0.29) is 11.6 Å². The molecule has 2 aromatic heterocycles. The van der Waals surface area contributed by atoms with Gasteiger partial charge in [0.1, 0.15) is 17.3 Å². The number of hydrogen-bond acceptors (Lipinski definition) is 6. The highest BCUT2D eigenvalue weighted by Gasteiger charge is 2.20. The summed E-state index contributed by atoms with van der Waals surface area (Å²) >= 11 is 0. The second-order valence-corrected chi connectivity index (χ2v) is 6.45. The third-order valence-corrected chi connectivity index (χ3v) is 4.25. The van der Waals surface area contributed by atoms with Crippen LogP contribution in [0.15, 0.2) is 83.6 Å². The Morgan fingerprint density at radius 3 is 2.31 bits per heavy atom. The predicted molar refractivity (Wildman–Crippen MR) is 110 cm³/mol. The van der Waals surface area contributed by atoms with E-state index in [1.165, 1.54) is 12.4 Å². The third kappa shape index (κ3) is 4.47. The van der Waals surface area contributed by atoms with E-state index in [0.717, 1.165) is 11.3 Å². The number of anilines is 3. The zero-order valence-electron chi connectivity index (χ0n) is 15.8. The SMILES string of the molecule is Cc1cc(Nc2cnc(C(=O)N(Cc3ccccc3)c3ccccc3)cn2)no1. The normalized spacial score (nSPS) is 10.5. The fourth-order valence-electron chi connectivity index (χ4n) is 2.85. The van der Waals surface area contributed by atoms with Crippen molar-refractivity contribution in [2.24, 2.45) is 0 Å². The fourth-order valence-corrected chi connectivity index (χ4v) is 2.85. The molecule has 2 heterocycles. The van der Waals surface area contributed by atoms with Gasteiger partial charge in [-0.1, -0.05) is 53.7 Å². The number of benzene rings is 2. The van der Waals surface area contributed by atoms with E-state index in [2.05, 4.69) is 20.4 Å². The van der Waals surface area contributed by atoms with Crippen LogP contribution in [-0.4, -0.2) is 21.0 Å². The summed E-state index contributed by atoms with van der Waals surface area (Å²) in [5.41, 5.74) is 2.08. The van der Waals surface area contributed by atoms with E-state index < -0.39 is 0 Å². The van der Waals surface area contributed by atoms with Gasteiger partial charge in [0, 0.05) is 11.8 Å². The van der Waals surface area contributed by atoms with Crippen LogP contribution >= 0.6 is 0 Å². The van der Waals surface area contributed by atoms with Gasteiger partial charge in [-0.3, -0.25) is 4.79 Å². The number of hydrogen-bond donors (Lipinski definition) is 1. The van der Waals surface area contributed by atoms with Gasteiger partial charge in [-0.25, -0.2) is 9.97 Å². The summed E-state index contributed by atoms with van der Waals surface area (Å²) in [7, 11) is 0. The lowest BCUT2D eigenvalue weighted by Crippen LogP contribution is -2.31. The molecule has 7 heteroatoms. The Balaban J connectivity index is 1.56. The summed E-state index contributed by atoms with van der Waals surface area (Å²) in [5.74, 6) is 1.47. The zero-order valence-corrected chi connectivity index (χ0v) is 15.8. The van der Waals surface area contributed by atoms with Crippen LogP contribution in [0.4, 0.5) is 17.3 Å². The van der Waals surface area contributed by atoms with Crippen molar-refractivity contribution >= 4 is 23.2 Å². The maximum Gasteiger partial charge on any atom is 0.278 e. The highest BCUT2D eigenvalue weighted by molar-refractivity contribution is 6.04. The van der Waals surface area contributed by atoms with Gasteiger partial charge in [0.25, 0.3) is 5.91 Å². The van der Waals surface area contributed by atoms with E-state index in [0.29, 0.717) is 23.9 Å². The minimum atomic E-state index is -0.226. The van der Waals surface area contributed by atoms with Crippen molar-refractivity contribution in [3.8, 4) is 0 Å². The largest absolute Gasteiger partial charge is 0.360 e. The first-order chi connectivity index (χ1) is 14.2. The Kier molecular flexibility index (Phi) is 5.29. The van der Waals surface area contributed by atoms with Crippen molar-refractivity contribution in [2.45, 2.75) is 13.5 Å². The van der Waals surface area contributed by atoms with Gasteiger partial charge in [0.05, 0.1) is 18.9 Å². The Labute approximate surface area is 168 Å². The molecule has 0 fully saturated rings. The molecular formula is C22H19N5O2. The van der Waals surface area contributed by atoms with E-state index in [9.17, 15) is 4.79 Å². The van der Waals surface area contributed by atoms with Crippen LogP contribution in [0.25, 0.3) is 0 Å². The molecule has 0 spiro atoms. The number of aromatic nitrogens is 3. The molecule has 0 saturated heterocycles. The van der Waals surface area contributed by atoms with Gasteiger partial charge < -0.3 is 14.7 Å². The van der Waals surface area contributed by atoms with Crippen molar-refractivity contribution < 1.29 is 9.32 Å². The van der Waals surface area contributed by atoms with Crippen molar-refractivity contribution in [2.75, 3.05) is 10.2 Å². The van der Waals surface area contributed by atoms with Crippen molar-refractivity contribution in [3.05, 3.63) is 96.1 Å². The molecule has 1 amide bonds. The molecular weight excluding hydrogens is 366 g/mol. The second kappa shape index (κ2) is 8.35. The summed E-state index contributed by atoms with van der Waals surface area (Å²) in [6.45, 7) is 2.24. The van der Waals surface area contributed by atoms with Gasteiger partial charge in [-0.05, 0) is 24.6 Å². The zero-order chi connectivity index (χ0) is 20.1. The van der Waals surface area contributed by atoms with Gasteiger partial charge in [-0.15, -0.1) is 0 Å². The molecule has 144 valence electrons. The molecule has 7 nitrogen and oxygen atoms in total. The summed E-state index contributed by atoms with van der Waals surface area (Å²) in [6, 6.07) is 21.1. The molecule has 29 heavy (non-hydrogen) atoms. The average molecular weight is 385 g/mol. The van der Waals surface area contributed by atoms with Gasteiger partial charge >= 0.3 is 0 Å². The number of rotatable bonds is 6. The number of nitrogens with one attached hydrogen (secondary N) is 1. The van der Waals surface area contributed by atoms with Crippen LogP contribution in [0.1, 0.15) is 21.8 Å². The smallest absolute Gasteiger partial charge is 0.278 e. The molecule has 4 aromatic rings. The Morgan fingerprint density at radius 1 is 0.966 bits per heavy atom. The molecule has 0 radical (unpaired) electrons. The first kappa shape index (κ1) is 18.4. The summed E-state index contributed by atoms with van der Waals surface area (Å²) in [6.07, 6.45) is 2.96. The van der Waals surface area contributed by atoms with Crippen molar-refractivity contribution in [1.29, 1.82) is 0 Å². The molecule has 0 aliphatic rings. The molecule has 0 atom stereocenters. The molecule has 0 saturated carbocycles. The first-order valence-electron chi connectivity index (χ1n) is 9.12. The minimum Gasteiger partial charge on any atom is -0.360 e. The van der Waals surface area contributed by atoms with Crippen LogP contribution in [0.5, 0.6) is 0 Å². The van der Waals surface area contributed by atoms with Crippen LogP contribution in [0.3, 0.4) is 0 Å². The highest BCUT2D eigenvalue weighted by Crippen LogP contribution is 2.20. The molecule has 0 aliphatic heterocycles. The number of nitrogens with zero attached hydrogens (tertiary/aromatic N) is 4. The van der Waals surface area contributed by atoms with E-state index in [1.807, 2.05) is 60.7 Å². The third-order valence-electron chi connectivity index (χ3n) is 4.25. The molecule has 4 rings (SSSR count). The van der Waals surface area contributed by atoms with Crippen LogP contribution in [0, 0.1) is 6.92 Å². The summed E-state index contributed by atoms with van der Waals surface area (Å²) in [4.78, 5) is 23.5. The number of amides is 1. The predicted octanol–water partition coefficient (Wildman–Crippen LogP) is 4.36. The lowest BCUT2D eigenvalue weighted by Gasteiger charge is -2.22. The summed E-state index contributed by atoms with van der Waals surface area (Å²) < 4.78 is 5.01. The molecule has 2 aromatic carbocycles. The molecule has 0 bridgehead atoms. The Morgan fingerprint density at radius 2 is 1.69 bits per heavy atom. The Bertz CT molecular complexity index is 1080. The van der Waals surface area contributed by atoms with Crippen LogP contribution < -0.4 is 10.2 Å². The second-order valence-electron chi connectivity index (χ2n) is 6.45. The highest BCUT2D eigenvalue weighted by atomic mass is 16.5. The quantitative estimate of drug-likeness (QED) is 0.531. The van der Waals surface area contributed by atoms with E-state index >= 15 is 0 Å². The first-order valence-corrected chi connectivity index (χ1v) is 9.12. The van der Waals surface area contributed by atoms with Gasteiger partial charge in [0.15, 0.2) is 5.82 Å². The Hall–Kier alpha value is -4.00. The van der Waals surface area contributed by atoms with Crippen molar-refractivity contribution in [1.82, 2.24) is 15.1 Å². The van der Waals surface area contributed by atoms with Crippen molar-refractivity contribution in [3.63, 3.8) is 0 Å². The van der Waals surface area contributed by atoms with Gasteiger partial charge in [0.2, 0.25) is 0 Å². The van der Waals surface area contributed by atoms with Crippen LogP contribution in [-0.2, 0) is 6.54 Å². The number of carbonyl (C=O) groups is 1. The maximum absolute atomic E-state index is 13.2. The summed E-state index contributed by atoms with van der Waals surface area (Å²) in [5, 5.41) is 6.84. The standard InChI is InChI=1S/C22H19N5O2/c1-16-12-20(26-29-16)25-21-14-23-19(13-24-21)22(28)27(18-10-6-3-7-11-18)15-17-8-4-2-5-9-17/h2-14H,15H2,1H3,(H,24,25,26). The number of para-hydroxylation sites is 1. The van der Waals surface area contributed by atoms with Gasteiger partial charge in [-0.2, -0.15) is 0 Å². The van der Waals surface area contributed by atoms with E-state index in [4.69, 9.17) is 4.52 Å². The van der Waals surface area contributed by atoms with Crippen LogP contribution in [0.2, 0.25) is 0 Å². The number of carbonyl (C=O) groups excluding carboxylic acids is 1. The molecule has 0 aliphatic carbocycles. The van der Waals surface area contributed by atoms with E-state index in [1.54, 1.807) is 17.9 Å². The fraction of sp³-hybridized carbons (Fsp3) is 0.0909. The average Bonchev–Trinajstić information content (AvgIpc) is 3.18. The topological polar surface area (TPSA) is 84.2 Å². The minimum absolute atomic E-state index is 0.226. The molecule has 1 N–H and O–H groups in total.